The number of benzene rings is 1. The minimum Gasteiger partial charge on any atom is -0.497 e. The number of anilines is 1. The van der Waals surface area contributed by atoms with E-state index < -0.39 is 5.56 Å². The van der Waals surface area contributed by atoms with Gasteiger partial charge in [0, 0.05) is 6.54 Å². The summed E-state index contributed by atoms with van der Waals surface area (Å²) in [7, 11) is 1.58. The second kappa shape index (κ2) is 7.83. The van der Waals surface area contributed by atoms with Gasteiger partial charge >= 0.3 is 0 Å². The van der Waals surface area contributed by atoms with Crippen LogP contribution in [0.25, 0.3) is 10.6 Å². The zero-order valence-corrected chi connectivity index (χ0v) is 15.0. The second-order valence-electron chi connectivity index (χ2n) is 5.55. The van der Waals surface area contributed by atoms with Crippen LogP contribution in [0.5, 0.6) is 5.75 Å². The molecule has 2 heterocycles. The minimum absolute atomic E-state index is 0.0593. The van der Waals surface area contributed by atoms with E-state index in [1.807, 2.05) is 41.8 Å². The molecule has 0 fully saturated rings. The number of hydrogen-bond acceptors (Lipinski definition) is 6. The third-order valence-corrected chi connectivity index (χ3v) is 4.59. The van der Waals surface area contributed by atoms with Gasteiger partial charge in [-0.25, -0.2) is 4.68 Å². The molecule has 0 aliphatic rings. The number of nitrogens with one attached hydrogen (secondary N) is 1. The molecule has 7 nitrogen and oxygen atoms in total. The molecule has 0 spiro atoms. The first-order valence-corrected chi connectivity index (χ1v) is 8.76. The Kier molecular flexibility index (Phi) is 5.33. The van der Waals surface area contributed by atoms with Crippen LogP contribution in [0.3, 0.4) is 0 Å². The number of carbonyl (C=O) groups is 1. The van der Waals surface area contributed by atoms with Crippen molar-refractivity contribution in [2.24, 2.45) is 0 Å². The molecule has 3 N–H and O–H groups in total. The molecule has 1 amide bonds. The number of ether oxygens (including phenoxy) is 1. The van der Waals surface area contributed by atoms with Crippen LogP contribution in [0.1, 0.15) is 5.56 Å². The Morgan fingerprint density at radius 2 is 2.15 bits per heavy atom. The van der Waals surface area contributed by atoms with Crippen LogP contribution >= 0.6 is 11.3 Å². The zero-order chi connectivity index (χ0) is 18.5. The highest BCUT2D eigenvalue weighted by Crippen LogP contribution is 2.22. The Bertz CT molecular complexity index is 967. The Morgan fingerprint density at radius 1 is 1.31 bits per heavy atom. The van der Waals surface area contributed by atoms with Crippen molar-refractivity contribution in [3.8, 4) is 16.3 Å². The number of nitrogens with zero attached hydrogens (tertiary/aromatic N) is 2. The fourth-order valence-corrected chi connectivity index (χ4v) is 3.07. The monoisotopic (exact) mass is 370 g/mol. The van der Waals surface area contributed by atoms with E-state index >= 15 is 0 Å². The molecule has 0 atom stereocenters. The van der Waals surface area contributed by atoms with E-state index in [1.165, 1.54) is 17.4 Å². The highest BCUT2D eigenvalue weighted by Gasteiger charge is 2.11. The molecule has 0 aliphatic heterocycles. The molecule has 0 bridgehead atoms. The van der Waals surface area contributed by atoms with Gasteiger partial charge in [0.15, 0.2) is 0 Å². The van der Waals surface area contributed by atoms with Crippen molar-refractivity contribution in [2.45, 2.75) is 13.1 Å². The SMILES string of the molecule is COc1cccc(CNC(=O)Cn2nc(-c3cccs3)cc(N)c2=O)c1. The van der Waals surface area contributed by atoms with Crippen LogP contribution in [0.4, 0.5) is 5.69 Å². The van der Waals surface area contributed by atoms with Crippen LogP contribution in [-0.2, 0) is 17.9 Å². The lowest BCUT2D eigenvalue weighted by molar-refractivity contribution is -0.122. The van der Waals surface area contributed by atoms with E-state index in [4.69, 9.17) is 10.5 Å². The van der Waals surface area contributed by atoms with Gasteiger partial charge in [0.25, 0.3) is 5.56 Å². The van der Waals surface area contributed by atoms with Crippen LogP contribution in [-0.4, -0.2) is 22.8 Å². The molecule has 0 saturated heterocycles. The van der Waals surface area contributed by atoms with Crippen molar-refractivity contribution >= 4 is 22.9 Å². The Balaban J connectivity index is 1.71. The van der Waals surface area contributed by atoms with E-state index in [-0.39, 0.29) is 18.1 Å². The first-order chi connectivity index (χ1) is 12.6. The molecule has 1 aromatic carbocycles. The largest absolute Gasteiger partial charge is 0.497 e. The van der Waals surface area contributed by atoms with E-state index in [0.29, 0.717) is 18.0 Å². The van der Waals surface area contributed by atoms with E-state index in [9.17, 15) is 9.59 Å². The molecular weight excluding hydrogens is 352 g/mol. The number of nitrogens with two attached hydrogens (primary N) is 1. The van der Waals surface area contributed by atoms with Gasteiger partial charge in [-0.15, -0.1) is 11.3 Å². The first kappa shape index (κ1) is 17.7. The average Bonchev–Trinajstić information content (AvgIpc) is 3.18. The van der Waals surface area contributed by atoms with Crippen molar-refractivity contribution in [2.75, 3.05) is 12.8 Å². The van der Waals surface area contributed by atoms with Gasteiger partial charge in [-0.3, -0.25) is 9.59 Å². The summed E-state index contributed by atoms with van der Waals surface area (Å²) in [5, 5.41) is 8.93. The van der Waals surface area contributed by atoms with Gasteiger partial charge in [0.2, 0.25) is 5.91 Å². The summed E-state index contributed by atoms with van der Waals surface area (Å²) >= 11 is 1.48. The molecule has 134 valence electrons. The number of rotatable bonds is 6. The summed E-state index contributed by atoms with van der Waals surface area (Å²) in [6, 6.07) is 12.7. The lowest BCUT2D eigenvalue weighted by atomic mass is 10.2. The number of methoxy groups -OCH3 is 1. The highest BCUT2D eigenvalue weighted by molar-refractivity contribution is 7.13. The van der Waals surface area contributed by atoms with Crippen molar-refractivity contribution < 1.29 is 9.53 Å². The average molecular weight is 370 g/mol. The lowest BCUT2D eigenvalue weighted by Gasteiger charge is -2.09. The van der Waals surface area contributed by atoms with Crippen LogP contribution in [0, 0.1) is 0 Å². The summed E-state index contributed by atoms with van der Waals surface area (Å²) in [5.74, 6) is 0.385. The quantitative estimate of drug-likeness (QED) is 0.690. The maximum Gasteiger partial charge on any atom is 0.290 e. The molecule has 3 aromatic rings. The maximum absolute atomic E-state index is 12.2. The molecule has 2 aromatic heterocycles. The number of nitrogen functional groups attached to an aromatic ring is 1. The predicted molar refractivity (Wildman–Crippen MR) is 101 cm³/mol. The number of thiophene rings is 1. The fourth-order valence-electron chi connectivity index (χ4n) is 2.39. The summed E-state index contributed by atoms with van der Waals surface area (Å²) in [4.78, 5) is 25.3. The molecule has 26 heavy (non-hydrogen) atoms. The molecule has 8 heteroatoms. The smallest absolute Gasteiger partial charge is 0.290 e. The van der Waals surface area contributed by atoms with Gasteiger partial charge in [-0.2, -0.15) is 5.10 Å². The van der Waals surface area contributed by atoms with Crippen LogP contribution in [0.2, 0.25) is 0 Å². The van der Waals surface area contributed by atoms with Crippen LogP contribution < -0.4 is 21.3 Å². The van der Waals surface area contributed by atoms with Gasteiger partial charge in [0.1, 0.15) is 23.7 Å². The standard InChI is InChI=1S/C18H18N4O3S/c1-25-13-5-2-4-12(8-13)10-20-17(23)11-22-18(24)14(19)9-15(21-22)16-6-3-7-26-16/h2-9H,10-11,19H2,1H3,(H,20,23). The maximum atomic E-state index is 12.2. The number of carbonyl (C=O) groups excluding carboxylic acids is 1. The topological polar surface area (TPSA) is 99.2 Å². The Hall–Kier alpha value is -3.13. The normalized spacial score (nSPS) is 10.5. The van der Waals surface area contributed by atoms with Crippen molar-refractivity contribution in [1.82, 2.24) is 15.1 Å². The number of hydrogen-bond donors (Lipinski definition) is 2. The zero-order valence-electron chi connectivity index (χ0n) is 14.1. The van der Waals surface area contributed by atoms with E-state index in [1.54, 1.807) is 7.11 Å². The van der Waals surface area contributed by atoms with Crippen molar-refractivity contribution in [3.63, 3.8) is 0 Å². The summed E-state index contributed by atoms with van der Waals surface area (Å²) < 4.78 is 6.24. The molecule has 0 aliphatic carbocycles. The summed E-state index contributed by atoms with van der Waals surface area (Å²) in [6.07, 6.45) is 0. The minimum atomic E-state index is -0.484. The number of amides is 1. The van der Waals surface area contributed by atoms with Crippen molar-refractivity contribution in [1.29, 1.82) is 0 Å². The highest BCUT2D eigenvalue weighted by atomic mass is 32.1. The summed E-state index contributed by atoms with van der Waals surface area (Å²) in [6.45, 7) is 0.122. The second-order valence-corrected chi connectivity index (χ2v) is 6.50. The molecule has 0 unspecified atom stereocenters. The molecule has 0 radical (unpaired) electrons. The van der Waals surface area contributed by atoms with Gasteiger partial charge in [-0.05, 0) is 35.2 Å². The Morgan fingerprint density at radius 3 is 2.88 bits per heavy atom. The van der Waals surface area contributed by atoms with Gasteiger partial charge in [-0.1, -0.05) is 18.2 Å². The van der Waals surface area contributed by atoms with E-state index in [2.05, 4.69) is 10.4 Å². The first-order valence-electron chi connectivity index (χ1n) is 7.88. The third-order valence-electron chi connectivity index (χ3n) is 3.69. The Labute approximate surface area is 154 Å². The van der Waals surface area contributed by atoms with Crippen molar-refractivity contribution in [3.05, 3.63) is 63.8 Å². The summed E-state index contributed by atoms with van der Waals surface area (Å²) in [5.41, 5.74) is 6.82. The number of aromatic nitrogens is 2. The third kappa shape index (κ3) is 4.09. The lowest BCUT2D eigenvalue weighted by Crippen LogP contribution is -2.34. The molecule has 0 saturated carbocycles. The van der Waals surface area contributed by atoms with Gasteiger partial charge < -0.3 is 15.8 Å². The molecular formula is C18H18N4O3S. The van der Waals surface area contributed by atoms with E-state index in [0.717, 1.165) is 15.1 Å². The van der Waals surface area contributed by atoms with Crippen LogP contribution in [0.15, 0.2) is 52.6 Å². The predicted octanol–water partition coefficient (Wildman–Crippen LogP) is 1.88. The fraction of sp³-hybridized carbons (Fsp3) is 0.167. The van der Waals surface area contributed by atoms with Gasteiger partial charge in [0.05, 0.1) is 12.0 Å². The molecule has 3 rings (SSSR count).